The second kappa shape index (κ2) is 5.59. The molecule has 2 heterocycles. The van der Waals surface area contributed by atoms with Crippen molar-refractivity contribution in [2.24, 2.45) is 17.3 Å². The lowest BCUT2D eigenvalue weighted by Crippen LogP contribution is -2.36. The molecule has 1 aromatic carbocycles. The molecule has 3 atom stereocenters. The van der Waals surface area contributed by atoms with Crippen molar-refractivity contribution in [3.05, 3.63) is 35.6 Å². The Hall–Kier alpha value is -1.42. The number of likely N-dealkylation sites (tertiary alicyclic amines) is 1. The largest absolute Gasteiger partial charge is 0.335 e. The maximum absolute atomic E-state index is 14.2. The summed E-state index contributed by atoms with van der Waals surface area (Å²) in [6.45, 7) is 4.98. The number of rotatable bonds is 2. The van der Waals surface area contributed by atoms with Crippen molar-refractivity contribution in [1.82, 2.24) is 10.2 Å². The average molecular weight is 316 g/mol. The lowest BCUT2D eigenvalue weighted by atomic mass is 9.91. The van der Waals surface area contributed by atoms with Crippen molar-refractivity contribution in [1.29, 1.82) is 0 Å². The van der Waals surface area contributed by atoms with E-state index in [-0.39, 0.29) is 29.1 Å². The quantitative estimate of drug-likeness (QED) is 0.909. The molecule has 1 aliphatic carbocycles. The van der Waals surface area contributed by atoms with Gasteiger partial charge in [0.1, 0.15) is 5.82 Å². The summed E-state index contributed by atoms with van der Waals surface area (Å²) in [5.74, 6) is 0.691. The third-order valence-electron chi connectivity index (χ3n) is 6.14. The number of hydrogen-bond donors (Lipinski definition) is 1. The standard InChI is InChI=1S/C19H25FN2O/c1-13-10-17(14-4-2-3-5-16(14)20)22(12-13)18(23)15-11-19(15)6-8-21-9-7-19/h2-5,13,15,17,21H,6-12H2,1H3/t13-,15-,17-/m1/s1. The van der Waals surface area contributed by atoms with E-state index < -0.39 is 0 Å². The minimum Gasteiger partial charge on any atom is -0.335 e. The molecule has 124 valence electrons. The summed E-state index contributed by atoms with van der Waals surface area (Å²) in [6.07, 6.45) is 4.12. The van der Waals surface area contributed by atoms with Crippen LogP contribution < -0.4 is 5.32 Å². The molecule has 1 spiro atoms. The first-order valence-electron chi connectivity index (χ1n) is 8.86. The molecule has 3 aliphatic rings. The number of benzene rings is 1. The van der Waals surface area contributed by atoms with Gasteiger partial charge in [-0.3, -0.25) is 4.79 Å². The minimum absolute atomic E-state index is 0.0851. The molecular formula is C19H25FN2O. The van der Waals surface area contributed by atoms with Crippen molar-refractivity contribution in [2.75, 3.05) is 19.6 Å². The summed E-state index contributed by atoms with van der Waals surface area (Å²) in [7, 11) is 0. The van der Waals surface area contributed by atoms with Crippen LogP contribution in [0, 0.1) is 23.1 Å². The first-order chi connectivity index (χ1) is 11.1. The Balaban J connectivity index is 1.55. The second-order valence-corrected chi connectivity index (χ2v) is 7.74. The van der Waals surface area contributed by atoms with Gasteiger partial charge in [-0.05, 0) is 56.2 Å². The fraction of sp³-hybridized carbons (Fsp3) is 0.632. The highest BCUT2D eigenvalue weighted by Crippen LogP contribution is 2.60. The highest BCUT2D eigenvalue weighted by atomic mass is 19.1. The lowest BCUT2D eigenvalue weighted by molar-refractivity contribution is -0.134. The fourth-order valence-corrected chi connectivity index (χ4v) is 4.70. The summed E-state index contributed by atoms with van der Waals surface area (Å²) in [6, 6.07) is 6.85. The monoisotopic (exact) mass is 316 g/mol. The molecular weight excluding hydrogens is 291 g/mol. The van der Waals surface area contributed by atoms with Gasteiger partial charge in [-0.25, -0.2) is 4.39 Å². The summed E-state index contributed by atoms with van der Waals surface area (Å²) in [5.41, 5.74) is 0.929. The zero-order chi connectivity index (χ0) is 16.0. The Morgan fingerprint density at radius 3 is 2.78 bits per heavy atom. The molecule has 1 saturated carbocycles. The van der Waals surface area contributed by atoms with Gasteiger partial charge in [-0.2, -0.15) is 0 Å². The zero-order valence-corrected chi connectivity index (χ0v) is 13.7. The van der Waals surface area contributed by atoms with Crippen LogP contribution >= 0.6 is 0 Å². The smallest absolute Gasteiger partial charge is 0.226 e. The van der Waals surface area contributed by atoms with E-state index in [0.29, 0.717) is 11.5 Å². The van der Waals surface area contributed by atoms with Crippen LogP contribution in [0.2, 0.25) is 0 Å². The first-order valence-corrected chi connectivity index (χ1v) is 8.86. The number of nitrogens with one attached hydrogen (secondary N) is 1. The first kappa shape index (κ1) is 15.1. The molecule has 3 fully saturated rings. The Kier molecular flexibility index (Phi) is 3.67. The van der Waals surface area contributed by atoms with Crippen LogP contribution in [0.25, 0.3) is 0 Å². The predicted molar refractivity (Wildman–Crippen MR) is 87.3 cm³/mol. The van der Waals surface area contributed by atoms with Crippen LogP contribution in [-0.2, 0) is 4.79 Å². The van der Waals surface area contributed by atoms with Crippen LogP contribution in [0.1, 0.15) is 44.2 Å². The van der Waals surface area contributed by atoms with E-state index in [4.69, 9.17) is 0 Å². The van der Waals surface area contributed by atoms with Crippen molar-refractivity contribution >= 4 is 5.91 Å². The number of carbonyl (C=O) groups excluding carboxylic acids is 1. The summed E-state index contributed by atoms with van der Waals surface area (Å²) in [4.78, 5) is 15.1. The molecule has 2 saturated heterocycles. The lowest BCUT2D eigenvalue weighted by Gasteiger charge is -2.28. The van der Waals surface area contributed by atoms with Crippen molar-refractivity contribution in [2.45, 2.75) is 38.6 Å². The number of nitrogens with zero attached hydrogens (tertiary/aromatic N) is 1. The molecule has 3 nitrogen and oxygen atoms in total. The number of carbonyl (C=O) groups is 1. The molecule has 0 unspecified atom stereocenters. The highest BCUT2D eigenvalue weighted by molar-refractivity contribution is 5.83. The van der Waals surface area contributed by atoms with Gasteiger partial charge in [0, 0.05) is 18.0 Å². The van der Waals surface area contributed by atoms with Crippen molar-refractivity contribution in [3.8, 4) is 0 Å². The highest BCUT2D eigenvalue weighted by Gasteiger charge is 2.59. The topological polar surface area (TPSA) is 32.3 Å². The summed E-state index contributed by atoms with van der Waals surface area (Å²) >= 11 is 0. The van der Waals surface area contributed by atoms with E-state index in [1.165, 1.54) is 6.07 Å². The van der Waals surface area contributed by atoms with E-state index in [1.54, 1.807) is 6.07 Å². The molecule has 0 aromatic heterocycles. The van der Waals surface area contributed by atoms with Crippen LogP contribution in [-0.4, -0.2) is 30.4 Å². The van der Waals surface area contributed by atoms with Crippen LogP contribution in [0.3, 0.4) is 0 Å². The molecule has 4 heteroatoms. The number of hydrogen-bond acceptors (Lipinski definition) is 2. The van der Waals surface area contributed by atoms with Gasteiger partial charge in [0.25, 0.3) is 0 Å². The zero-order valence-electron chi connectivity index (χ0n) is 13.7. The molecule has 2 aliphatic heterocycles. The van der Waals surface area contributed by atoms with Gasteiger partial charge >= 0.3 is 0 Å². The Morgan fingerprint density at radius 2 is 2.04 bits per heavy atom. The molecule has 1 N–H and O–H groups in total. The third kappa shape index (κ3) is 2.57. The van der Waals surface area contributed by atoms with Gasteiger partial charge in [-0.15, -0.1) is 0 Å². The third-order valence-corrected chi connectivity index (χ3v) is 6.14. The van der Waals surface area contributed by atoms with Gasteiger partial charge < -0.3 is 10.2 Å². The number of amides is 1. The van der Waals surface area contributed by atoms with Gasteiger partial charge in [0.2, 0.25) is 5.91 Å². The molecule has 23 heavy (non-hydrogen) atoms. The molecule has 1 amide bonds. The van der Waals surface area contributed by atoms with E-state index in [0.717, 1.165) is 45.3 Å². The van der Waals surface area contributed by atoms with Gasteiger partial charge in [0.05, 0.1) is 6.04 Å². The normalized spacial score (nSPS) is 32.3. The second-order valence-electron chi connectivity index (χ2n) is 7.74. The average Bonchev–Trinajstić information content (AvgIpc) is 3.09. The molecule has 1 aromatic rings. The maximum atomic E-state index is 14.2. The number of piperidine rings is 1. The van der Waals surface area contributed by atoms with Crippen LogP contribution in [0.5, 0.6) is 0 Å². The van der Waals surface area contributed by atoms with Gasteiger partial charge in [-0.1, -0.05) is 25.1 Å². The Bertz CT molecular complexity index is 611. The fourth-order valence-electron chi connectivity index (χ4n) is 4.70. The number of halogens is 1. The Labute approximate surface area is 137 Å². The maximum Gasteiger partial charge on any atom is 0.226 e. The van der Waals surface area contributed by atoms with Crippen molar-refractivity contribution < 1.29 is 9.18 Å². The minimum atomic E-state index is -0.184. The summed E-state index contributed by atoms with van der Waals surface area (Å²) < 4.78 is 14.2. The molecule has 4 rings (SSSR count). The van der Waals surface area contributed by atoms with E-state index in [1.807, 2.05) is 17.0 Å². The predicted octanol–water partition coefficient (Wildman–Crippen LogP) is 3.12. The van der Waals surface area contributed by atoms with Gasteiger partial charge in [0.15, 0.2) is 0 Å². The molecule has 0 radical (unpaired) electrons. The van der Waals surface area contributed by atoms with Crippen LogP contribution in [0.15, 0.2) is 24.3 Å². The summed E-state index contributed by atoms with van der Waals surface area (Å²) in [5, 5.41) is 3.38. The molecule has 0 bridgehead atoms. The van der Waals surface area contributed by atoms with E-state index >= 15 is 0 Å². The Morgan fingerprint density at radius 1 is 1.30 bits per heavy atom. The van der Waals surface area contributed by atoms with E-state index in [9.17, 15) is 9.18 Å². The SMILES string of the molecule is C[C@@H]1C[C@H](c2ccccc2F)N(C(=O)[C@H]2CC23CCNCC3)C1. The van der Waals surface area contributed by atoms with E-state index in [2.05, 4.69) is 12.2 Å². The van der Waals surface area contributed by atoms with Crippen LogP contribution in [0.4, 0.5) is 4.39 Å². The van der Waals surface area contributed by atoms with Crippen molar-refractivity contribution in [3.63, 3.8) is 0 Å².